The Bertz CT molecular complexity index is 622. The van der Waals surface area contributed by atoms with Gasteiger partial charge >= 0.3 is 0 Å². The second kappa shape index (κ2) is 5.59. The van der Waals surface area contributed by atoms with E-state index in [0.29, 0.717) is 31.0 Å². The van der Waals surface area contributed by atoms with Crippen LogP contribution in [0.2, 0.25) is 0 Å². The molecule has 2 aliphatic heterocycles. The van der Waals surface area contributed by atoms with E-state index in [1.165, 1.54) is 0 Å². The lowest BCUT2D eigenvalue weighted by Gasteiger charge is -2.34. The van der Waals surface area contributed by atoms with Crippen molar-refractivity contribution in [2.75, 3.05) is 25.1 Å². The third-order valence-corrected chi connectivity index (χ3v) is 6.04. The molecule has 116 valence electrons. The van der Waals surface area contributed by atoms with E-state index in [1.807, 2.05) is 13.0 Å². The highest BCUT2D eigenvalue weighted by Crippen LogP contribution is 2.30. The van der Waals surface area contributed by atoms with Gasteiger partial charge in [0.15, 0.2) is 0 Å². The average molecular weight is 310 g/mol. The summed E-state index contributed by atoms with van der Waals surface area (Å²) in [6.07, 6.45) is 3.18. The Kier molecular flexibility index (Phi) is 3.94. The molecule has 1 saturated heterocycles. The summed E-state index contributed by atoms with van der Waals surface area (Å²) in [7, 11) is -3.51. The first-order valence-corrected chi connectivity index (χ1v) is 8.96. The Morgan fingerprint density at radius 1 is 1.29 bits per heavy atom. The number of nitrogens with one attached hydrogen (secondary N) is 2. The van der Waals surface area contributed by atoms with Crippen molar-refractivity contribution >= 4 is 15.7 Å². The third kappa shape index (κ3) is 3.07. The average Bonchev–Trinajstić information content (AvgIpc) is 2.46. The SMILES string of the molecule is CC1(NS(=O)(=O)c2cccc3c2CCCN3)CCOCC1. The molecule has 5 nitrogen and oxygen atoms in total. The molecule has 2 aliphatic rings. The van der Waals surface area contributed by atoms with Crippen LogP contribution in [-0.4, -0.2) is 33.7 Å². The lowest BCUT2D eigenvalue weighted by atomic mass is 9.94. The van der Waals surface area contributed by atoms with E-state index >= 15 is 0 Å². The fraction of sp³-hybridized carbons (Fsp3) is 0.600. The van der Waals surface area contributed by atoms with Crippen molar-refractivity contribution < 1.29 is 13.2 Å². The standard InChI is InChI=1S/C15H22N2O3S/c1-15(7-10-20-11-8-15)17-21(18,19)14-6-2-5-13-12(14)4-3-9-16-13/h2,5-6,16-17H,3-4,7-11H2,1H3. The molecule has 2 N–H and O–H groups in total. The first kappa shape index (κ1) is 14.8. The van der Waals surface area contributed by atoms with Crippen LogP contribution in [0, 0.1) is 0 Å². The minimum atomic E-state index is -3.51. The van der Waals surface area contributed by atoms with Gasteiger partial charge in [-0.15, -0.1) is 0 Å². The van der Waals surface area contributed by atoms with Gasteiger partial charge < -0.3 is 10.1 Å². The van der Waals surface area contributed by atoms with Crippen LogP contribution in [0.4, 0.5) is 5.69 Å². The molecule has 0 saturated carbocycles. The summed E-state index contributed by atoms with van der Waals surface area (Å²) in [6, 6.07) is 5.46. The zero-order valence-electron chi connectivity index (χ0n) is 12.3. The molecule has 2 heterocycles. The molecule has 0 atom stereocenters. The highest BCUT2D eigenvalue weighted by molar-refractivity contribution is 7.89. The third-order valence-electron chi connectivity index (χ3n) is 4.32. The Labute approximate surface area is 126 Å². The number of hydrogen-bond donors (Lipinski definition) is 2. The molecule has 0 amide bonds. The van der Waals surface area contributed by atoms with Crippen LogP contribution in [0.15, 0.2) is 23.1 Å². The van der Waals surface area contributed by atoms with Crippen LogP contribution in [0.5, 0.6) is 0 Å². The fourth-order valence-corrected chi connectivity index (χ4v) is 4.79. The second-order valence-corrected chi connectivity index (χ2v) is 7.74. The number of ether oxygens (including phenoxy) is 1. The number of benzene rings is 1. The smallest absolute Gasteiger partial charge is 0.241 e. The molecule has 1 aromatic rings. The van der Waals surface area contributed by atoms with Gasteiger partial charge in [-0.1, -0.05) is 6.07 Å². The fourth-order valence-electron chi connectivity index (χ4n) is 3.03. The summed E-state index contributed by atoms with van der Waals surface area (Å²) in [5, 5.41) is 3.28. The molecule has 0 unspecified atom stereocenters. The quantitative estimate of drug-likeness (QED) is 0.895. The number of sulfonamides is 1. The molecule has 6 heteroatoms. The van der Waals surface area contributed by atoms with Gasteiger partial charge in [-0.05, 0) is 50.3 Å². The van der Waals surface area contributed by atoms with Gasteiger partial charge in [0.2, 0.25) is 10.0 Å². The first-order chi connectivity index (χ1) is 10.0. The van der Waals surface area contributed by atoms with Crippen LogP contribution in [-0.2, 0) is 21.2 Å². The summed E-state index contributed by atoms with van der Waals surface area (Å²) in [5.41, 5.74) is 1.44. The van der Waals surface area contributed by atoms with Crippen LogP contribution in [0.3, 0.4) is 0 Å². The summed E-state index contributed by atoms with van der Waals surface area (Å²) in [5.74, 6) is 0. The number of rotatable bonds is 3. The Balaban J connectivity index is 1.91. The van der Waals surface area contributed by atoms with E-state index in [0.717, 1.165) is 30.6 Å². The lowest BCUT2D eigenvalue weighted by molar-refractivity contribution is 0.0537. The van der Waals surface area contributed by atoms with Gasteiger partial charge in [-0.3, -0.25) is 0 Å². The van der Waals surface area contributed by atoms with E-state index in [2.05, 4.69) is 10.0 Å². The summed E-state index contributed by atoms with van der Waals surface area (Å²) >= 11 is 0. The van der Waals surface area contributed by atoms with Crippen molar-refractivity contribution in [1.82, 2.24) is 4.72 Å². The first-order valence-electron chi connectivity index (χ1n) is 7.48. The van der Waals surface area contributed by atoms with Crippen molar-refractivity contribution in [3.8, 4) is 0 Å². The lowest BCUT2D eigenvalue weighted by Crippen LogP contribution is -2.49. The normalized spacial score (nSPS) is 21.4. The van der Waals surface area contributed by atoms with Gasteiger partial charge in [0.05, 0.1) is 4.90 Å². The van der Waals surface area contributed by atoms with Gasteiger partial charge in [0.25, 0.3) is 0 Å². The molecule has 0 bridgehead atoms. The minimum absolute atomic E-state index is 0.415. The number of fused-ring (bicyclic) bond motifs is 1. The summed E-state index contributed by atoms with van der Waals surface area (Å²) in [4.78, 5) is 0.417. The maximum Gasteiger partial charge on any atom is 0.241 e. The minimum Gasteiger partial charge on any atom is -0.385 e. The molecule has 0 radical (unpaired) electrons. The molecule has 0 aromatic heterocycles. The van der Waals surface area contributed by atoms with E-state index in [-0.39, 0.29) is 0 Å². The second-order valence-electron chi connectivity index (χ2n) is 6.09. The molecule has 1 fully saturated rings. The monoisotopic (exact) mass is 310 g/mol. The van der Waals surface area contributed by atoms with Gasteiger partial charge in [0, 0.05) is 31.0 Å². The topological polar surface area (TPSA) is 67.4 Å². The highest BCUT2D eigenvalue weighted by Gasteiger charge is 2.34. The predicted molar refractivity (Wildman–Crippen MR) is 82.0 cm³/mol. The molecule has 3 rings (SSSR count). The van der Waals surface area contributed by atoms with Crippen molar-refractivity contribution in [3.63, 3.8) is 0 Å². The van der Waals surface area contributed by atoms with Crippen LogP contribution in [0.1, 0.15) is 31.7 Å². The van der Waals surface area contributed by atoms with Gasteiger partial charge in [0.1, 0.15) is 0 Å². The molecule has 0 aliphatic carbocycles. The van der Waals surface area contributed by atoms with E-state index in [9.17, 15) is 8.42 Å². The highest BCUT2D eigenvalue weighted by atomic mass is 32.2. The summed E-state index contributed by atoms with van der Waals surface area (Å²) in [6.45, 7) is 4.07. The maximum absolute atomic E-state index is 12.8. The van der Waals surface area contributed by atoms with E-state index in [4.69, 9.17) is 4.74 Å². The van der Waals surface area contributed by atoms with Crippen molar-refractivity contribution in [2.24, 2.45) is 0 Å². The Morgan fingerprint density at radius 3 is 2.81 bits per heavy atom. The number of anilines is 1. The largest absolute Gasteiger partial charge is 0.385 e. The molecule has 1 aromatic carbocycles. The predicted octanol–water partition coefficient (Wildman–Crippen LogP) is 1.89. The van der Waals surface area contributed by atoms with Crippen molar-refractivity contribution in [1.29, 1.82) is 0 Å². The molecule has 0 spiro atoms. The van der Waals surface area contributed by atoms with Crippen LogP contribution >= 0.6 is 0 Å². The summed E-state index contributed by atoms with van der Waals surface area (Å²) < 4.78 is 33.8. The van der Waals surface area contributed by atoms with Gasteiger partial charge in [-0.25, -0.2) is 13.1 Å². The van der Waals surface area contributed by atoms with Crippen molar-refractivity contribution in [2.45, 2.75) is 43.0 Å². The molecular formula is C15H22N2O3S. The zero-order chi connectivity index (χ0) is 14.9. The van der Waals surface area contributed by atoms with E-state index in [1.54, 1.807) is 12.1 Å². The van der Waals surface area contributed by atoms with E-state index < -0.39 is 15.6 Å². The van der Waals surface area contributed by atoms with Crippen molar-refractivity contribution in [3.05, 3.63) is 23.8 Å². The number of hydrogen-bond acceptors (Lipinski definition) is 4. The van der Waals surface area contributed by atoms with Gasteiger partial charge in [-0.2, -0.15) is 0 Å². The Morgan fingerprint density at radius 2 is 2.05 bits per heavy atom. The molecular weight excluding hydrogens is 288 g/mol. The maximum atomic E-state index is 12.8. The Hall–Kier alpha value is -1.11. The molecule has 21 heavy (non-hydrogen) atoms. The van der Waals surface area contributed by atoms with Crippen LogP contribution < -0.4 is 10.0 Å². The van der Waals surface area contributed by atoms with Crippen LogP contribution in [0.25, 0.3) is 0 Å². The zero-order valence-corrected chi connectivity index (χ0v) is 13.1.